The zero-order valence-corrected chi connectivity index (χ0v) is 13.2. The molecule has 2 nitrogen and oxygen atoms in total. The Bertz CT molecular complexity index is 433. The van der Waals surface area contributed by atoms with Crippen LogP contribution in [0, 0.1) is 11.2 Å². The first-order valence-corrected chi connectivity index (χ1v) is 8.27. The molecule has 1 aromatic rings. The summed E-state index contributed by atoms with van der Waals surface area (Å²) in [5, 5.41) is 14.0. The molecule has 0 saturated carbocycles. The van der Waals surface area contributed by atoms with Gasteiger partial charge in [-0.1, -0.05) is 38.8 Å². The molecule has 0 bridgehead atoms. The largest absolute Gasteiger partial charge is 0.387 e. The molecule has 2 N–H and O–H groups in total. The van der Waals surface area contributed by atoms with Crippen LogP contribution in [0.2, 0.25) is 0 Å². The number of hydrogen-bond acceptors (Lipinski definition) is 2. The predicted molar refractivity (Wildman–Crippen MR) is 84.6 cm³/mol. The molecule has 1 heterocycles. The highest BCUT2D eigenvalue weighted by molar-refractivity contribution is 5.20. The fourth-order valence-corrected chi connectivity index (χ4v) is 3.80. The van der Waals surface area contributed by atoms with E-state index in [1.54, 1.807) is 12.1 Å². The second kappa shape index (κ2) is 7.37. The van der Waals surface area contributed by atoms with Gasteiger partial charge < -0.3 is 10.4 Å². The van der Waals surface area contributed by atoms with Crippen LogP contribution in [0.3, 0.4) is 0 Å². The summed E-state index contributed by atoms with van der Waals surface area (Å²) in [5.74, 6) is -0.284. The summed E-state index contributed by atoms with van der Waals surface area (Å²) in [6, 6.07) is 6.35. The summed E-state index contributed by atoms with van der Waals surface area (Å²) < 4.78 is 13.3. The average molecular weight is 293 g/mol. The zero-order valence-electron chi connectivity index (χ0n) is 13.2. The van der Waals surface area contributed by atoms with Gasteiger partial charge in [-0.3, -0.25) is 0 Å². The van der Waals surface area contributed by atoms with E-state index in [2.05, 4.69) is 19.2 Å². The molecule has 1 aliphatic rings. The van der Waals surface area contributed by atoms with Crippen LogP contribution in [0.4, 0.5) is 4.39 Å². The molecule has 2 atom stereocenters. The van der Waals surface area contributed by atoms with Crippen molar-refractivity contribution in [2.75, 3.05) is 6.54 Å². The van der Waals surface area contributed by atoms with Crippen LogP contribution in [-0.4, -0.2) is 17.7 Å². The van der Waals surface area contributed by atoms with E-state index < -0.39 is 6.10 Å². The fourth-order valence-electron chi connectivity index (χ4n) is 3.80. The molecule has 0 aromatic heterocycles. The molecule has 0 amide bonds. The van der Waals surface area contributed by atoms with Crippen LogP contribution in [-0.2, 0) is 0 Å². The quantitative estimate of drug-likeness (QED) is 0.824. The number of hydrogen-bond donors (Lipinski definition) is 2. The lowest BCUT2D eigenvalue weighted by atomic mass is 9.71. The Labute approximate surface area is 127 Å². The normalized spacial score (nSPS) is 23.0. The Balaban J connectivity index is 1.99. The number of aliphatic hydroxyl groups is 1. The Hall–Kier alpha value is -0.930. The summed E-state index contributed by atoms with van der Waals surface area (Å²) in [6.07, 6.45) is 6.39. The minimum absolute atomic E-state index is 0.0358. The van der Waals surface area contributed by atoms with Gasteiger partial charge in [0.15, 0.2) is 0 Å². The number of piperidine rings is 1. The van der Waals surface area contributed by atoms with Gasteiger partial charge in [-0.15, -0.1) is 0 Å². The van der Waals surface area contributed by atoms with Crippen molar-refractivity contribution in [3.05, 3.63) is 35.6 Å². The van der Waals surface area contributed by atoms with Crippen molar-refractivity contribution in [3.63, 3.8) is 0 Å². The fraction of sp³-hybridized carbons (Fsp3) is 0.667. The van der Waals surface area contributed by atoms with Crippen molar-refractivity contribution in [3.8, 4) is 0 Å². The topological polar surface area (TPSA) is 32.3 Å². The van der Waals surface area contributed by atoms with Crippen LogP contribution in [0.1, 0.15) is 64.0 Å². The molecule has 0 spiro atoms. The molecule has 3 heteroatoms. The van der Waals surface area contributed by atoms with E-state index in [0.717, 1.165) is 19.4 Å². The third-order valence-electron chi connectivity index (χ3n) is 4.86. The van der Waals surface area contributed by atoms with E-state index in [1.165, 1.54) is 37.8 Å². The van der Waals surface area contributed by atoms with E-state index >= 15 is 0 Å². The number of rotatable bonds is 6. The Morgan fingerprint density at radius 2 is 2.05 bits per heavy atom. The van der Waals surface area contributed by atoms with Crippen molar-refractivity contribution in [1.82, 2.24) is 5.32 Å². The summed E-state index contributed by atoms with van der Waals surface area (Å²) in [7, 11) is 0. The lowest BCUT2D eigenvalue weighted by Gasteiger charge is -2.42. The third-order valence-corrected chi connectivity index (χ3v) is 4.86. The van der Waals surface area contributed by atoms with Crippen molar-refractivity contribution in [1.29, 1.82) is 0 Å². The Kier molecular flexibility index (Phi) is 5.77. The Morgan fingerprint density at radius 1 is 1.33 bits per heavy atom. The van der Waals surface area contributed by atoms with Gasteiger partial charge >= 0.3 is 0 Å². The molecule has 0 radical (unpaired) electrons. The minimum atomic E-state index is -0.623. The van der Waals surface area contributed by atoms with Gasteiger partial charge in [-0.2, -0.15) is 0 Å². The molecule has 0 unspecified atom stereocenters. The number of benzene rings is 1. The summed E-state index contributed by atoms with van der Waals surface area (Å²) in [6.45, 7) is 5.45. The first-order valence-electron chi connectivity index (χ1n) is 8.27. The van der Waals surface area contributed by atoms with Crippen LogP contribution in [0.15, 0.2) is 24.3 Å². The first-order chi connectivity index (χ1) is 10.1. The average Bonchev–Trinajstić information content (AvgIpc) is 2.48. The van der Waals surface area contributed by atoms with Gasteiger partial charge in [0, 0.05) is 12.6 Å². The summed E-state index contributed by atoms with van der Waals surface area (Å²) >= 11 is 0. The molecule has 2 rings (SSSR count). The highest BCUT2D eigenvalue weighted by atomic mass is 19.1. The molecule has 1 aromatic carbocycles. The van der Waals surface area contributed by atoms with Crippen LogP contribution in [0.25, 0.3) is 0 Å². The number of halogens is 1. The maximum Gasteiger partial charge on any atom is 0.123 e. The van der Waals surface area contributed by atoms with Crippen molar-refractivity contribution in [2.45, 2.75) is 64.5 Å². The Morgan fingerprint density at radius 3 is 2.57 bits per heavy atom. The SMILES string of the molecule is CCCC1(CCC)CC[C@H]([C@@H](O)c2cccc(F)c2)NC1. The van der Waals surface area contributed by atoms with E-state index in [0.29, 0.717) is 11.0 Å². The van der Waals surface area contributed by atoms with Gasteiger partial charge in [-0.25, -0.2) is 4.39 Å². The first kappa shape index (κ1) is 16.4. The zero-order chi connectivity index (χ0) is 15.3. The molecular weight excluding hydrogens is 265 g/mol. The number of nitrogens with one attached hydrogen (secondary N) is 1. The highest BCUT2D eigenvalue weighted by Crippen LogP contribution is 2.39. The summed E-state index contributed by atoms with van der Waals surface area (Å²) in [5.41, 5.74) is 1.06. The third kappa shape index (κ3) is 4.04. The molecule has 1 fully saturated rings. The van der Waals surface area contributed by atoms with Gasteiger partial charge in [0.25, 0.3) is 0 Å². The second-order valence-corrected chi connectivity index (χ2v) is 6.53. The van der Waals surface area contributed by atoms with Crippen molar-refractivity contribution in [2.24, 2.45) is 5.41 Å². The molecule has 0 aliphatic carbocycles. The maximum atomic E-state index is 13.3. The van der Waals surface area contributed by atoms with Crippen molar-refractivity contribution < 1.29 is 9.50 Å². The monoisotopic (exact) mass is 293 g/mol. The maximum absolute atomic E-state index is 13.3. The van der Waals surface area contributed by atoms with E-state index in [4.69, 9.17) is 0 Å². The minimum Gasteiger partial charge on any atom is -0.387 e. The lowest BCUT2D eigenvalue weighted by molar-refractivity contribution is 0.0664. The van der Waals surface area contributed by atoms with Gasteiger partial charge in [0.05, 0.1) is 6.10 Å². The second-order valence-electron chi connectivity index (χ2n) is 6.53. The van der Waals surface area contributed by atoms with Crippen LogP contribution in [0.5, 0.6) is 0 Å². The molecule has 1 saturated heterocycles. The van der Waals surface area contributed by atoms with Crippen LogP contribution < -0.4 is 5.32 Å². The smallest absolute Gasteiger partial charge is 0.123 e. The van der Waals surface area contributed by atoms with E-state index in [-0.39, 0.29) is 11.9 Å². The predicted octanol–water partition coefficient (Wildman–Crippen LogP) is 4.20. The van der Waals surface area contributed by atoms with Gasteiger partial charge in [0.2, 0.25) is 0 Å². The lowest BCUT2D eigenvalue weighted by Crippen LogP contribution is -2.48. The van der Waals surface area contributed by atoms with Gasteiger partial charge in [-0.05, 0) is 48.8 Å². The number of aliphatic hydroxyl groups excluding tert-OH is 1. The van der Waals surface area contributed by atoms with Crippen LogP contribution >= 0.6 is 0 Å². The molecular formula is C18H28FNO. The van der Waals surface area contributed by atoms with Gasteiger partial charge in [0.1, 0.15) is 5.82 Å². The summed E-state index contributed by atoms with van der Waals surface area (Å²) in [4.78, 5) is 0. The highest BCUT2D eigenvalue weighted by Gasteiger charge is 2.36. The molecule has 118 valence electrons. The van der Waals surface area contributed by atoms with E-state index in [1.807, 2.05) is 0 Å². The molecule has 21 heavy (non-hydrogen) atoms. The van der Waals surface area contributed by atoms with Crippen molar-refractivity contribution >= 4 is 0 Å². The van der Waals surface area contributed by atoms with E-state index in [9.17, 15) is 9.50 Å². The standard InChI is InChI=1S/C18H28FNO/c1-3-9-18(10-4-2)11-8-16(20-13-18)17(21)14-6-5-7-15(19)12-14/h5-7,12,16-17,20-21H,3-4,8-11,13H2,1-2H3/t16-,17+/m1/s1. The molecule has 1 aliphatic heterocycles.